The first-order valence-electron chi connectivity index (χ1n) is 6.18. The molecule has 0 spiro atoms. The molecule has 0 aliphatic carbocycles. The van der Waals surface area contributed by atoms with E-state index >= 15 is 0 Å². The van der Waals surface area contributed by atoms with Crippen molar-refractivity contribution in [3.8, 4) is 0 Å². The van der Waals surface area contributed by atoms with Crippen LogP contribution in [0.15, 0.2) is 0 Å². The Labute approximate surface area is 201 Å². The number of hydrogen-bond acceptors (Lipinski definition) is 5. The SMILES string of the molecule is CC(=O)OCCNC(=O)c1c(I)c(C(=O)O)c(I)c(C(=O)O)c1I.Cl.Cl. The number of esters is 1. The number of nitrogens with one attached hydrogen (secondary N) is 1. The summed E-state index contributed by atoms with van der Waals surface area (Å²) in [4.78, 5) is 45.9. The molecule has 0 fully saturated rings. The van der Waals surface area contributed by atoms with Crippen molar-refractivity contribution in [1.29, 1.82) is 0 Å². The van der Waals surface area contributed by atoms with Crippen molar-refractivity contribution in [2.24, 2.45) is 0 Å². The molecule has 1 rings (SSSR count). The largest absolute Gasteiger partial charge is 0.478 e. The molecule has 13 heteroatoms. The monoisotopic (exact) mass is 745 g/mol. The van der Waals surface area contributed by atoms with E-state index < -0.39 is 23.8 Å². The van der Waals surface area contributed by atoms with Gasteiger partial charge in [-0.05, 0) is 67.8 Å². The highest BCUT2D eigenvalue weighted by molar-refractivity contribution is 14.1. The van der Waals surface area contributed by atoms with Crippen LogP contribution in [0, 0.1) is 10.7 Å². The Hall–Kier alpha value is -0.130. The molecule has 0 atom stereocenters. The van der Waals surface area contributed by atoms with Crippen LogP contribution in [-0.2, 0) is 9.53 Å². The number of benzene rings is 1. The van der Waals surface area contributed by atoms with Crippen molar-refractivity contribution < 1.29 is 34.1 Å². The Balaban J connectivity index is 0. The Morgan fingerprint density at radius 2 is 1.27 bits per heavy atom. The Morgan fingerprint density at radius 1 is 0.885 bits per heavy atom. The van der Waals surface area contributed by atoms with Crippen LogP contribution in [0.1, 0.15) is 38.0 Å². The molecule has 3 N–H and O–H groups in total. The lowest BCUT2D eigenvalue weighted by molar-refractivity contribution is -0.140. The van der Waals surface area contributed by atoms with E-state index in [-0.39, 0.29) is 65.4 Å². The Bertz CT molecular complexity index is 702. The van der Waals surface area contributed by atoms with Gasteiger partial charge in [0.05, 0.1) is 23.2 Å². The van der Waals surface area contributed by atoms with Crippen LogP contribution in [0.4, 0.5) is 0 Å². The van der Waals surface area contributed by atoms with Crippen LogP contribution in [-0.4, -0.2) is 47.2 Å². The van der Waals surface area contributed by atoms with Crippen LogP contribution in [0.25, 0.3) is 0 Å². The maximum atomic E-state index is 12.3. The van der Waals surface area contributed by atoms with Gasteiger partial charge in [0.15, 0.2) is 0 Å². The van der Waals surface area contributed by atoms with Gasteiger partial charge in [-0.3, -0.25) is 9.59 Å². The number of amides is 1. The molecule has 0 saturated carbocycles. The summed E-state index contributed by atoms with van der Waals surface area (Å²) in [6.07, 6.45) is 0. The summed E-state index contributed by atoms with van der Waals surface area (Å²) in [5.74, 6) is -3.78. The van der Waals surface area contributed by atoms with Gasteiger partial charge >= 0.3 is 17.9 Å². The average Bonchev–Trinajstić information content (AvgIpc) is 2.42. The molecule has 8 nitrogen and oxygen atoms in total. The molecule has 0 aromatic heterocycles. The number of hydrogen-bond donors (Lipinski definition) is 3. The van der Waals surface area contributed by atoms with Gasteiger partial charge < -0.3 is 20.3 Å². The quantitative estimate of drug-likeness (QED) is 0.232. The summed E-state index contributed by atoms with van der Waals surface area (Å²) < 4.78 is 5.02. The zero-order chi connectivity index (χ0) is 18.6. The fourth-order valence-corrected chi connectivity index (χ4v) is 6.27. The van der Waals surface area contributed by atoms with E-state index in [1.807, 2.05) is 0 Å². The van der Waals surface area contributed by atoms with Gasteiger partial charge in [0.2, 0.25) is 0 Å². The van der Waals surface area contributed by atoms with Crippen molar-refractivity contribution in [2.45, 2.75) is 6.92 Å². The van der Waals surface area contributed by atoms with Gasteiger partial charge in [-0.1, -0.05) is 0 Å². The normalized spacial score (nSPS) is 9.38. The number of aromatic carboxylic acids is 2. The van der Waals surface area contributed by atoms with E-state index in [0.717, 1.165) is 0 Å². The summed E-state index contributed by atoms with van der Waals surface area (Å²) >= 11 is 5.05. The number of carbonyl (C=O) groups excluding carboxylic acids is 2. The second-order valence-corrected chi connectivity index (χ2v) is 7.51. The van der Waals surface area contributed by atoms with Crippen molar-refractivity contribution in [2.75, 3.05) is 13.2 Å². The fourth-order valence-electron chi connectivity index (χ4n) is 1.69. The van der Waals surface area contributed by atoms with Crippen molar-refractivity contribution in [1.82, 2.24) is 5.32 Å². The van der Waals surface area contributed by atoms with Crippen molar-refractivity contribution in [3.05, 3.63) is 27.4 Å². The highest BCUT2D eigenvalue weighted by Crippen LogP contribution is 2.32. The van der Waals surface area contributed by atoms with Gasteiger partial charge in [0.25, 0.3) is 5.91 Å². The summed E-state index contributed by atoms with van der Waals surface area (Å²) in [5.41, 5.74) is -0.507. The summed E-state index contributed by atoms with van der Waals surface area (Å²) in [7, 11) is 0. The Kier molecular flexibility index (Phi) is 13.3. The summed E-state index contributed by atoms with van der Waals surface area (Å²) in [6, 6.07) is 0. The van der Waals surface area contributed by atoms with Crippen LogP contribution in [0.2, 0.25) is 0 Å². The van der Waals surface area contributed by atoms with Crippen LogP contribution < -0.4 is 5.32 Å². The molecule has 0 saturated heterocycles. The maximum absolute atomic E-state index is 12.3. The minimum atomic E-state index is -1.32. The highest BCUT2D eigenvalue weighted by atomic mass is 127. The third kappa shape index (κ3) is 6.79. The molecular formula is C13H12Cl2I3NO7. The van der Waals surface area contributed by atoms with Gasteiger partial charge in [-0.25, -0.2) is 9.59 Å². The summed E-state index contributed by atoms with van der Waals surface area (Å²) in [6.45, 7) is 1.20. The molecule has 0 radical (unpaired) electrons. The van der Waals surface area contributed by atoms with E-state index in [4.69, 9.17) is 0 Å². The van der Waals surface area contributed by atoms with Crippen molar-refractivity contribution >= 4 is 116 Å². The second-order valence-electron chi connectivity index (χ2n) is 4.27. The minimum absolute atomic E-state index is 0. The molecule has 1 aromatic rings. The van der Waals surface area contributed by atoms with E-state index in [2.05, 4.69) is 10.1 Å². The van der Waals surface area contributed by atoms with E-state index in [1.165, 1.54) is 6.92 Å². The van der Waals surface area contributed by atoms with E-state index in [1.54, 1.807) is 67.8 Å². The first kappa shape index (κ1) is 28.1. The smallest absolute Gasteiger partial charge is 0.337 e. The predicted molar refractivity (Wildman–Crippen MR) is 122 cm³/mol. The maximum Gasteiger partial charge on any atom is 0.337 e. The lowest BCUT2D eigenvalue weighted by Gasteiger charge is -2.15. The second kappa shape index (κ2) is 12.4. The van der Waals surface area contributed by atoms with Crippen LogP contribution in [0.3, 0.4) is 0 Å². The van der Waals surface area contributed by atoms with Gasteiger partial charge in [0.1, 0.15) is 6.61 Å². The van der Waals surface area contributed by atoms with Gasteiger partial charge in [-0.2, -0.15) is 0 Å². The van der Waals surface area contributed by atoms with E-state index in [9.17, 15) is 29.4 Å². The standard InChI is InChI=1S/C13H10I3NO7.2ClH/c1-4(18)24-3-2-17-11(19)5-8(14)6(12(20)21)10(16)7(9(5)15)13(22)23;;/h2-3H2,1H3,(H,17,19)(H,20,21)(H,22,23);2*1H. The molecule has 1 amide bonds. The zero-order valence-corrected chi connectivity index (χ0v) is 20.9. The number of carboxylic acids is 2. The molecule has 0 bridgehead atoms. The molecule has 146 valence electrons. The first-order valence-corrected chi connectivity index (χ1v) is 9.41. The van der Waals surface area contributed by atoms with Crippen LogP contribution in [0.5, 0.6) is 0 Å². The molecule has 0 unspecified atom stereocenters. The third-order valence-electron chi connectivity index (χ3n) is 2.66. The van der Waals surface area contributed by atoms with E-state index in [0.29, 0.717) is 0 Å². The molecule has 0 aliphatic rings. The van der Waals surface area contributed by atoms with Crippen LogP contribution >= 0.6 is 92.6 Å². The van der Waals surface area contributed by atoms with Crippen molar-refractivity contribution in [3.63, 3.8) is 0 Å². The lowest BCUT2D eigenvalue weighted by Crippen LogP contribution is -2.30. The average molecular weight is 746 g/mol. The molecule has 0 aliphatic heterocycles. The minimum Gasteiger partial charge on any atom is -0.478 e. The first-order chi connectivity index (χ1) is 11.1. The Morgan fingerprint density at radius 3 is 1.62 bits per heavy atom. The number of carbonyl (C=O) groups is 4. The van der Waals surface area contributed by atoms with Gasteiger partial charge in [-0.15, -0.1) is 24.8 Å². The molecule has 1 aromatic carbocycles. The molecule has 0 heterocycles. The predicted octanol–water partition coefficient (Wildman–Crippen LogP) is 3.03. The number of halogens is 5. The zero-order valence-electron chi connectivity index (χ0n) is 12.8. The fraction of sp³-hybridized carbons (Fsp3) is 0.231. The summed E-state index contributed by atoms with van der Waals surface area (Å²) in [5, 5.41) is 21.1. The number of rotatable bonds is 6. The third-order valence-corrected chi connectivity index (χ3v) is 5.90. The topological polar surface area (TPSA) is 130 Å². The molecule has 26 heavy (non-hydrogen) atoms. The number of carboxylic acid groups (broad SMARTS) is 2. The molecular weight excluding hydrogens is 734 g/mol. The lowest BCUT2D eigenvalue weighted by atomic mass is 10.0. The van der Waals surface area contributed by atoms with Gasteiger partial charge in [0, 0.05) is 17.6 Å². The highest BCUT2D eigenvalue weighted by Gasteiger charge is 2.30. The number of ether oxygens (including phenoxy) is 1.